The van der Waals surface area contributed by atoms with E-state index in [1.165, 1.54) is 0 Å². The van der Waals surface area contributed by atoms with Crippen molar-refractivity contribution in [2.24, 2.45) is 0 Å². The predicted molar refractivity (Wildman–Crippen MR) is 77.5 cm³/mol. The van der Waals surface area contributed by atoms with Crippen molar-refractivity contribution in [3.8, 4) is 0 Å². The molecule has 0 fully saturated rings. The first-order valence-electron chi connectivity index (χ1n) is 6.47. The fourth-order valence-electron chi connectivity index (χ4n) is 2.42. The van der Waals surface area contributed by atoms with E-state index >= 15 is 0 Å². The van der Waals surface area contributed by atoms with Crippen molar-refractivity contribution >= 4 is 11.0 Å². The molecular formula is C16H16N2O2. The van der Waals surface area contributed by atoms with Crippen molar-refractivity contribution in [3.05, 3.63) is 65.5 Å². The average molecular weight is 268 g/mol. The van der Waals surface area contributed by atoms with E-state index in [1.807, 2.05) is 55.5 Å². The lowest BCUT2D eigenvalue weighted by atomic mass is 10.0. The van der Waals surface area contributed by atoms with Crippen LogP contribution >= 0.6 is 0 Å². The van der Waals surface area contributed by atoms with Gasteiger partial charge in [0.05, 0.1) is 5.52 Å². The zero-order valence-electron chi connectivity index (χ0n) is 11.4. The van der Waals surface area contributed by atoms with E-state index in [9.17, 15) is 5.11 Å². The first-order valence-corrected chi connectivity index (χ1v) is 6.47. The van der Waals surface area contributed by atoms with E-state index in [4.69, 9.17) is 4.84 Å². The molecule has 20 heavy (non-hydrogen) atoms. The molecule has 1 aromatic heterocycles. The van der Waals surface area contributed by atoms with Crippen LogP contribution in [0.5, 0.6) is 0 Å². The van der Waals surface area contributed by atoms with Crippen LogP contribution in [0.1, 0.15) is 23.1 Å². The summed E-state index contributed by atoms with van der Waals surface area (Å²) in [6, 6.07) is 15.3. The zero-order valence-corrected chi connectivity index (χ0v) is 11.4. The van der Waals surface area contributed by atoms with Gasteiger partial charge in [0.1, 0.15) is 24.6 Å². The van der Waals surface area contributed by atoms with Crippen molar-refractivity contribution in [3.63, 3.8) is 0 Å². The van der Waals surface area contributed by atoms with E-state index in [2.05, 4.69) is 4.98 Å². The molecule has 0 spiro atoms. The highest BCUT2D eigenvalue weighted by Gasteiger charge is 2.13. The van der Waals surface area contributed by atoms with Crippen LogP contribution in [-0.4, -0.2) is 21.9 Å². The number of fused-ring (bicyclic) bond motifs is 1. The van der Waals surface area contributed by atoms with Crippen LogP contribution in [0.4, 0.5) is 0 Å². The maximum absolute atomic E-state index is 10.4. The Hall–Kier alpha value is -2.33. The third-order valence-electron chi connectivity index (χ3n) is 3.41. The molecule has 0 aliphatic heterocycles. The lowest BCUT2D eigenvalue weighted by Gasteiger charge is -2.11. The number of hydrogen-bond acceptors (Lipinski definition) is 3. The van der Waals surface area contributed by atoms with Gasteiger partial charge in [-0.25, -0.2) is 4.98 Å². The second kappa shape index (κ2) is 4.98. The highest BCUT2D eigenvalue weighted by atomic mass is 16.6. The maximum Gasteiger partial charge on any atom is 0.143 e. The van der Waals surface area contributed by atoms with E-state index in [1.54, 1.807) is 11.8 Å². The molecule has 0 bridgehead atoms. The van der Waals surface area contributed by atoms with Crippen LogP contribution < -0.4 is 4.84 Å². The van der Waals surface area contributed by atoms with Crippen LogP contribution in [0.15, 0.2) is 48.5 Å². The van der Waals surface area contributed by atoms with Gasteiger partial charge in [-0.05, 0) is 30.2 Å². The van der Waals surface area contributed by atoms with E-state index in [0.29, 0.717) is 0 Å². The van der Waals surface area contributed by atoms with Gasteiger partial charge >= 0.3 is 0 Å². The Morgan fingerprint density at radius 3 is 2.55 bits per heavy atom. The summed E-state index contributed by atoms with van der Waals surface area (Å²) in [4.78, 5) is 9.72. The summed E-state index contributed by atoms with van der Waals surface area (Å²) in [5.74, 6) is 0.786. The molecule has 4 heteroatoms. The normalized spacial score (nSPS) is 12.6. The van der Waals surface area contributed by atoms with Crippen molar-refractivity contribution in [1.82, 2.24) is 9.71 Å². The van der Waals surface area contributed by atoms with Gasteiger partial charge in [-0.15, -0.1) is 0 Å². The van der Waals surface area contributed by atoms with Crippen LogP contribution in [0, 0.1) is 6.92 Å². The standard InChI is InChI=1S/C16H16N2O2/c1-11-17-14-10-13(8-9-15(14)18(11)20-2)16(19)12-6-4-3-5-7-12/h3-10,16,19H,1-2H3. The average Bonchev–Trinajstić information content (AvgIpc) is 2.81. The third-order valence-corrected chi connectivity index (χ3v) is 3.41. The summed E-state index contributed by atoms with van der Waals surface area (Å²) in [6.45, 7) is 1.89. The molecule has 102 valence electrons. The minimum atomic E-state index is -0.645. The van der Waals surface area contributed by atoms with Gasteiger partial charge in [0.25, 0.3) is 0 Å². The molecule has 1 atom stereocenters. The van der Waals surface area contributed by atoms with Crippen LogP contribution in [0.3, 0.4) is 0 Å². The van der Waals surface area contributed by atoms with Gasteiger partial charge in [-0.2, -0.15) is 4.73 Å². The largest absolute Gasteiger partial charge is 0.415 e. The van der Waals surface area contributed by atoms with Crippen molar-refractivity contribution in [2.75, 3.05) is 7.11 Å². The molecule has 0 radical (unpaired) electrons. The molecule has 0 amide bonds. The topological polar surface area (TPSA) is 47.3 Å². The Bertz CT molecular complexity index is 735. The monoisotopic (exact) mass is 268 g/mol. The smallest absolute Gasteiger partial charge is 0.143 e. The van der Waals surface area contributed by atoms with E-state index in [0.717, 1.165) is 28.0 Å². The molecular weight excluding hydrogens is 252 g/mol. The SMILES string of the molecule is COn1c(C)nc2cc(C(O)c3ccccc3)ccc21. The van der Waals surface area contributed by atoms with Crippen molar-refractivity contribution in [1.29, 1.82) is 0 Å². The van der Waals surface area contributed by atoms with Crippen LogP contribution in [0.25, 0.3) is 11.0 Å². The Labute approximate surface area is 117 Å². The van der Waals surface area contributed by atoms with E-state index < -0.39 is 6.10 Å². The van der Waals surface area contributed by atoms with Crippen LogP contribution in [-0.2, 0) is 0 Å². The number of benzene rings is 2. The van der Waals surface area contributed by atoms with Crippen molar-refractivity contribution < 1.29 is 9.94 Å². The van der Waals surface area contributed by atoms with Gasteiger partial charge in [0.2, 0.25) is 0 Å². The minimum Gasteiger partial charge on any atom is -0.415 e. The second-order valence-electron chi connectivity index (χ2n) is 4.70. The molecule has 3 aromatic rings. The number of imidazole rings is 1. The van der Waals surface area contributed by atoms with Gasteiger partial charge in [-0.1, -0.05) is 36.4 Å². The lowest BCUT2D eigenvalue weighted by molar-refractivity contribution is 0.171. The van der Waals surface area contributed by atoms with Gasteiger partial charge < -0.3 is 9.94 Å². The maximum atomic E-state index is 10.4. The minimum absolute atomic E-state index is 0.645. The first-order chi connectivity index (χ1) is 9.70. The molecule has 3 rings (SSSR count). The molecule has 1 N–H and O–H groups in total. The number of aliphatic hydroxyl groups is 1. The fraction of sp³-hybridized carbons (Fsp3) is 0.188. The summed E-state index contributed by atoms with van der Waals surface area (Å²) in [5, 5.41) is 10.4. The summed E-state index contributed by atoms with van der Waals surface area (Å²) in [6.07, 6.45) is -0.645. The van der Waals surface area contributed by atoms with E-state index in [-0.39, 0.29) is 0 Å². The number of rotatable bonds is 3. The molecule has 1 heterocycles. The number of nitrogens with zero attached hydrogens (tertiary/aromatic N) is 2. The summed E-state index contributed by atoms with van der Waals surface area (Å²) < 4.78 is 1.67. The Morgan fingerprint density at radius 2 is 1.85 bits per heavy atom. The Kier molecular flexibility index (Phi) is 3.16. The van der Waals surface area contributed by atoms with Gasteiger partial charge in [0.15, 0.2) is 0 Å². The Morgan fingerprint density at radius 1 is 1.10 bits per heavy atom. The molecule has 4 nitrogen and oxygen atoms in total. The van der Waals surface area contributed by atoms with Crippen LogP contribution in [0.2, 0.25) is 0 Å². The number of aromatic nitrogens is 2. The number of aliphatic hydroxyl groups excluding tert-OH is 1. The van der Waals surface area contributed by atoms with Gasteiger partial charge in [0, 0.05) is 0 Å². The molecule has 2 aromatic carbocycles. The molecule has 0 saturated carbocycles. The Balaban J connectivity index is 2.05. The fourth-order valence-corrected chi connectivity index (χ4v) is 2.42. The zero-order chi connectivity index (χ0) is 14.1. The predicted octanol–water partition coefficient (Wildman–Crippen LogP) is 2.48. The summed E-state index contributed by atoms with van der Waals surface area (Å²) in [7, 11) is 1.61. The summed E-state index contributed by atoms with van der Waals surface area (Å²) in [5.41, 5.74) is 3.41. The highest BCUT2D eigenvalue weighted by molar-refractivity contribution is 5.76. The second-order valence-corrected chi connectivity index (χ2v) is 4.70. The quantitative estimate of drug-likeness (QED) is 0.794. The number of aryl methyl sites for hydroxylation is 1. The first kappa shape index (κ1) is 12.7. The highest BCUT2D eigenvalue weighted by Crippen LogP contribution is 2.25. The lowest BCUT2D eigenvalue weighted by Crippen LogP contribution is -2.07. The van der Waals surface area contributed by atoms with Crippen molar-refractivity contribution in [2.45, 2.75) is 13.0 Å². The molecule has 0 aliphatic rings. The molecule has 0 saturated heterocycles. The number of hydrogen-bond donors (Lipinski definition) is 1. The molecule has 0 aliphatic carbocycles. The molecule has 1 unspecified atom stereocenters. The van der Waals surface area contributed by atoms with Gasteiger partial charge in [-0.3, -0.25) is 0 Å². The third kappa shape index (κ3) is 2.04. The summed E-state index contributed by atoms with van der Waals surface area (Å²) >= 11 is 0.